The molecule has 1 aliphatic rings. The molecule has 0 aliphatic carbocycles. The van der Waals surface area contributed by atoms with Crippen LogP contribution in [0.25, 0.3) is 43.9 Å². The molecule has 1 aliphatic heterocycles. The van der Waals surface area contributed by atoms with Crippen molar-refractivity contribution in [1.29, 1.82) is 0 Å². The van der Waals surface area contributed by atoms with Gasteiger partial charge in [-0.2, -0.15) is 0 Å². The second-order valence-electron chi connectivity index (χ2n) is 7.45. The second-order valence-corrected chi connectivity index (χ2v) is 7.84. The molecule has 6 rings (SSSR count). The van der Waals surface area contributed by atoms with Crippen molar-refractivity contribution >= 4 is 66.9 Å². The van der Waals surface area contributed by atoms with E-state index in [9.17, 15) is 0 Å². The fraction of sp³-hybridized carbons (Fsp3) is 0.174. The standard InChI is InChI=1S/C23H18N6OS/c31-23(29-9-11-30-12-10-29)26-14-5-6-17-18(13-14)28-22-16-4-2-8-25-20(16)19-15(21(22)27-17)3-1-7-24-19/h1-8,13H,9-12H2,(H,26,31). The first-order chi connectivity index (χ1) is 15.3. The van der Waals surface area contributed by atoms with E-state index in [0.29, 0.717) is 18.3 Å². The van der Waals surface area contributed by atoms with E-state index in [2.05, 4.69) is 20.2 Å². The molecule has 0 bridgehead atoms. The zero-order valence-electron chi connectivity index (χ0n) is 16.6. The highest BCUT2D eigenvalue weighted by atomic mass is 32.1. The first kappa shape index (κ1) is 18.3. The quantitative estimate of drug-likeness (QED) is 0.246. The van der Waals surface area contributed by atoms with Crippen LogP contribution in [0.15, 0.2) is 54.9 Å². The number of aromatic nitrogens is 4. The molecule has 7 nitrogen and oxygen atoms in total. The molecule has 5 aromatic rings. The molecular formula is C23H18N6OS. The Morgan fingerprint density at radius 3 is 2.16 bits per heavy atom. The van der Waals surface area contributed by atoms with Gasteiger partial charge in [-0.3, -0.25) is 9.97 Å². The smallest absolute Gasteiger partial charge is 0.173 e. The summed E-state index contributed by atoms with van der Waals surface area (Å²) in [4.78, 5) is 21.2. The number of anilines is 1. The van der Waals surface area contributed by atoms with Crippen LogP contribution in [0.5, 0.6) is 0 Å². The molecule has 0 atom stereocenters. The predicted molar refractivity (Wildman–Crippen MR) is 126 cm³/mol. The Morgan fingerprint density at radius 2 is 1.48 bits per heavy atom. The molecule has 0 amide bonds. The second kappa shape index (κ2) is 7.33. The van der Waals surface area contributed by atoms with Gasteiger partial charge in [0.05, 0.1) is 46.3 Å². The minimum Gasteiger partial charge on any atom is -0.378 e. The minimum atomic E-state index is 0.695. The van der Waals surface area contributed by atoms with Crippen LogP contribution in [0.4, 0.5) is 5.69 Å². The van der Waals surface area contributed by atoms with Gasteiger partial charge in [0.15, 0.2) is 5.11 Å². The Bertz CT molecular complexity index is 1480. The van der Waals surface area contributed by atoms with Crippen LogP contribution >= 0.6 is 12.2 Å². The average molecular weight is 427 g/mol. The van der Waals surface area contributed by atoms with Gasteiger partial charge in [0.2, 0.25) is 0 Å². The lowest BCUT2D eigenvalue weighted by atomic mass is 10.1. The molecule has 8 heteroatoms. The third-order valence-corrected chi connectivity index (χ3v) is 5.92. The Hall–Kier alpha value is -3.49. The monoisotopic (exact) mass is 426 g/mol. The van der Waals surface area contributed by atoms with Crippen LogP contribution in [-0.2, 0) is 4.74 Å². The number of thiocarbonyl (C=S) groups is 1. The number of hydrogen-bond acceptors (Lipinski definition) is 6. The van der Waals surface area contributed by atoms with Gasteiger partial charge >= 0.3 is 0 Å². The minimum absolute atomic E-state index is 0.695. The van der Waals surface area contributed by atoms with Crippen LogP contribution in [0.2, 0.25) is 0 Å². The molecule has 1 saturated heterocycles. The lowest BCUT2D eigenvalue weighted by molar-refractivity contribution is 0.0690. The van der Waals surface area contributed by atoms with E-state index < -0.39 is 0 Å². The fourth-order valence-corrected chi connectivity index (χ4v) is 4.35. The molecule has 152 valence electrons. The summed E-state index contributed by atoms with van der Waals surface area (Å²) < 4.78 is 5.41. The number of benzene rings is 2. The first-order valence-corrected chi connectivity index (χ1v) is 10.6. The molecular weight excluding hydrogens is 408 g/mol. The SMILES string of the molecule is S=C(Nc1ccc2nc3c4cccnc4c4ncccc4c3nc2c1)N1CCOCC1. The number of nitrogens with zero attached hydrogens (tertiary/aromatic N) is 5. The van der Waals surface area contributed by atoms with E-state index in [1.54, 1.807) is 12.4 Å². The maximum absolute atomic E-state index is 5.58. The molecule has 31 heavy (non-hydrogen) atoms. The van der Waals surface area contributed by atoms with E-state index in [0.717, 1.165) is 62.6 Å². The summed E-state index contributed by atoms with van der Waals surface area (Å²) in [5.74, 6) is 0. The summed E-state index contributed by atoms with van der Waals surface area (Å²) in [6, 6.07) is 13.8. The number of fused-ring (bicyclic) bond motifs is 7. The molecule has 2 aromatic carbocycles. The van der Waals surface area contributed by atoms with E-state index in [-0.39, 0.29) is 0 Å². The average Bonchev–Trinajstić information content (AvgIpc) is 2.84. The van der Waals surface area contributed by atoms with Crippen molar-refractivity contribution in [3.05, 3.63) is 54.9 Å². The molecule has 1 fully saturated rings. The van der Waals surface area contributed by atoms with Crippen LogP contribution < -0.4 is 5.32 Å². The lowest BCUT2D eigenvalue weighted by Gasteiger charge is -2.29. The highest BCUT2D eigenvalue weighted by molar-refractivity contribution is 7.80. The number of hydrogen-bond donors (Lipinski definition) is 1. The Labute approximate surface area is 183 Å². The highest BCUT2D eigenvalue weighted by Gasteiger charge is 2.16. The van der Waals surface area contributed by atoms with Crippen molar-refractivity contribution in [1.82, 2.24) is 24.8 Å². The van der Waals surface area contributed by atoms with Gasteiger partial charge in [-0.25, -0.2) is 9.97 Å². The van der Waals surface area contributed by atoms with Crippen LogP contribution in [-0.4, -0.2) is 56.3 Å². The molecule has 0 unspecified atom stereocenters. The summed E-state index contributed by atoms with van der Waals surface area (Å²) >= 11 is 5.58. The Morgan fingerprint density at radius 1 is 0.839 bits per heavy atom. The summed E-state index contributed by atoms with van der Waals surface area (Å²) in [6.45, 7) is 2.98. The first-order valence-electron chi connectivity index (χ1n) is 10.1. The third kappa shape index (κ3) is 3.11. The van der Waals surface area contributed by atoms with Gasteiger partial charge in [0, 0.05) is 41.9 Å². The van der Waals surface area contributed by atoms with Crippen LogP contribution in [0.3, 0.4) is 0 Å². The summed E-state index contributed by atoms with van der Waals surface area (Å²) in [6.07, 6.45) is 3.57. The third-order valence-electron chi connectivity index (χ3n) is 5.56. The number of morpholine rings is 1. The summed E-state index contributed by atoms with van der Waals surface area (Å²) in [5.41, 5.74) is 5.85. The van der Waals surface area contributed by atoms with Crippen molar-refractivity contribution < 1.29 is 4.74 Å². The normalized spacial score (nSPS) is 14.5. The van der Waals surface area contributed by atoms with E-state index in [1.807, 2.05) is 42.5 Å². The van der Waals surface area contributed by atoms with Gasteiger partial charge in [-0.15, -0.1) is 0 Å². The number of nitrogens with one attached hydrogen (secondary N) is 1. The summed E-state index contributed by atoms with van der Waals surface area (Å²) in [5, 5.41) is 5.92. The van der Waals surface area contributed by atoms with E-state index >= 15 is 0 Å². The van der Waals surface area contributed by atoms with E-state index in [1.165, 1.54) is 0 Å². The van der Waals surface area contributed by atoms with Crippen molar-refractivity contribution in [3.63, 3.8) is 0 Å². The summed E-state index contributed by atoms with van der Waals surface area (Å²) in [7, 11) is 0. The molecule has 0 radical (unpaired) electrons. The zero-order valence-corrected chi connectivity index (χ0v) is 17.4. The van der Waals surface area contributed by atoms with Crippen molar-refractivity contribution in [3.8, 4) is 0 Å². The fourth-order valence-electron chi connectivity index (χ4n) is 4.05. The van der Waals surface area contributed by atoms with Crippen LogP contribution in [0.1, 0.15) is 0 Å². The lowest BCUT2D eigenvalue weighted by Crippen LogP contribution is -2.42. The number of pyridine rings is 2. The molecule has 1 N–H and O–H groups in total. The van der Waals surface area contributed by atoms with Crippen molar-refractivity contribution in [2.75, 3.05) is 31.6 Å². The topological polar surface area (TPSA) is 76.1 Å². The highest BCUT2D eigenvalue weighted by Crippen LogP contribution is 2.32. The Balaban J connectivity index is 1.51. The van der Waals surface area contributed by atoms with Gasteiger partial charge in [-0.05, 0) is 54.7 Å². The molecule has 0 saturated carbocycles. The van der Waals surface area contributed by atoms with Gasteiger partial charge < -0.3 is 15.0 Å². The van der Waals surface area contributed by atoms with Crippen LogP contribution in [0, 0.1) is 0 Å². The molecule has 0 spiro atoms. The van der Waals surface area contributed by atoms with Gasteiger partial charge in [0.1, 0.15) is 0 Å². The molecule has 4 heterocycles. The Kier molecular flexibility index (Phi) is 4.33. The number of rotatable bonds is 1. The maximum Gasteiger partial charge on any atom is 0.173 e. The number of ether oxygens (including phenoxy) is 1. The molecule has 3 aromatic heterocycles. The zero-order chi connectivity index (χ0) is 20.8. The predicted octanol–water partition coefficient (Wildman–Crippen LogP) is 3.91. The van der Waals surface area contributed by atoms with Crippen molar-refractivity contribution in [2.45, 2.75) is 0 Å². The van der Waals surface area contributed by atoms with Gasteiger partial charge in [0.25, 0.3) is 0 Å². The van der Waals surface area contributed by atoms with Gasteiger partial charge in [-0.1, -0.05) is 0 Å². The maximum atomic E-state index is 5.58. The van der Waals surface area contributed by atoms with Crippen molar-refractivity contribution in [2.24, 2.45) is 0 Å². The van der Waals surface area contributed by atoms with E-state index in [4.69, 9.17) is 26.9 Å². The largest absolute Gasteiger partial charge is 0.378 e.